The maximum atomic E-state index is 12.9. The molecule has 1 saturated heterocycles. The van der Waals surface area contributed by atoms with Gasteiger partial charge in [0.05, 0.1) is 29.1 Å². The Morgan fingerprint density at radius 3 is 2.68 bits per heavy atom. The van der Waals surface area contributed by atoms with Gasteiger partial charge in [0, 0.05) is 31.6 Å². The number of amides is 1. The van der Waals surface area contributed by atoms with Gasteiger partial charge in [-0.2, -0.15) is 4.31 Å². The number of hydrogen-bond acceptors (Lipinski definition) is 5. The van der Waals surface area contributed by atoms with E-state index in [1.54, 1.807) is 18.2 Å². The van der Waals surface area contributed by atoms with Gasteiger partial charge in [0.25, 0.3) is 0 Å². The lowest BCUT2D eigenvalue weighted by Crippen LogP contribution is -2.40. The second-order valence-corrected chi connectivity index (χ2v) is 9.73. The molecule has 0 unspecified atom stereocenters. The van der Waals surface area contributed by atoms with Gasteiger partial charge < -0.3 is 14.6 Å². The summed E-state index contributed by atoms with van der Waals surface area (Å²) in [4.78, 5) is 16.9. The van der Waals surface area contributed by atoms with Gasteiger partial charge in [-0.1, -0.05) is 6.92 Å². The monoisotopic (exact) mass is 406 g/mol. The second kappa shape index (κ2) is 7.13. The number of ether oxygens (including phenoxy) is 1. The van der Waals surface area contributed by atoms with E-state index in [0.717, 1.165) is 24.2 Å². The molecular weight excluding hydrogens is 380 g/mol. The van der Waals surface area contributed by atoms with E-state index in [2.05, 4.69) is 10.3 Å². The molecule has 1 saturated carbocycles. The predicted octanol–water partition coefficient (Wildman–Crippen LogP) is 1.28. The van der Waals surface area contributed by atoms with Crippen LogP contribution in [-0.2, 0) is 26.1 Å². The van der Waals surface area contributed by atoms with Crippen molar-refractivity contribution in [3.8, 4) is 0 Å². The number of rotatable bonds is 6. The molecule has 1 aromatic heterocycles. The minimum absolute atomic E-state index is 0.105. The number of imidazole rings is 1. The minimum Gasteiger partial charge on any atom is -0.379 e. The molecule has 0 spiro atoms. The van der Waals surface area contributed by atoms with Crippen molar-refractivity contribution in [3.05, 3.63) is 24.0 Å². The lowest BCUT2D eigenvalue weighted by Gasteiger charge is -2.26. The number of aromatic nitrogens is 2. The third-order valence-electron chi connectivity index (χ3n) is 5.69. The van der Waals surface area contributed by atoms with Crippen LogP contribution in [0.25, 0.3) is 11.0 Å². The van der Waals surface area contributed by atoms with Gasteiger partial charge in [0.2, 0.25) is 15.9 Å². The van der Waals surface area contributed by atoms with Crippen molar-refractivity contribution in [2.75, 3.05) is 32.8 Å². The Labute approximate surface area is 164 Å². The molecule has 1 aliphatic heterocycles. The average molecular weight is 407 g/mol. The zero-order chi connectivity index (χ0) is 19.9. The quantitative estimate of drug-likeness (QED) is 0.780. The molecule has 0 bridgehead atoms. The zero-order valence-electron chi connectivity index (χ0n) is 16.3. The van der Waals surface area contributed by atoms with Crippen molar-refractivity contribution in [1.29, 1.82) is 0 Å². The van der Waals surface area contributed by atoms with Crippen molar-refractivity contribution in [1.82, 2.24) is 19.2 Å². The fraction of sp³-hybridized carbons (Fsp3) is 0.579. The molecule has 4 rings (SSSR count). The highest BCUT2D eigenvalue weighted by molar-refractivity contribution is 7.89. The van der Waals surface area contributed by atoms with Gasteiger partial charge in [-0.15, -0.1) is 0 Å². The summed E-state index contributed by atoms with van der Waals surface area (Å²) in [6, 6.07) is 5.06. The fourth-order valence-electron chi connectivity index (χ4n) is 3.52. The first-order valence-corrected chi connectivity index (χ1v) is 11.1. The molecule has 28 heavy (non-hydrogen) atoms. The smallest absolute Gasteiger partial charge is 0.243 e. The molecule has 9 heteroatoms. The Hall–Kier alpha value is -1.97. The number of carbonyl (C=O) groups is 1. The van der Waals surface area contributed by atoms with Crippen LogP contribution in [0.3, 0.4) is 0 Å². The highest BCUT2D eigenvalue weighted by Crippen LogP contribution is 2.44. The van der Waals surface area contributed by atoms with Crippen LogP contribution in [0.2, 0.25) is 0 Å². The van der Waals surface area contributed by atoms with Crippen LogP contribution in [0, 0.1) is 12.3 Å². The number of sulfonamides is 1. The Bertz CT molecular complexity index is 1000. The standard InChI is InChI=1S/C19H26N4O4S/c1-14-21-16-13-15(28(25,26)22-9-11-27-12-10-22)3-4-17(16)23(14)8-7-20-18(24)19(2)5-6-19/h3-4,13H,5-12H2,1-2H3,(H,20,24). The maximum absolute atomic E-state index is 12.9. The lowest BCUT2D eigenvalue weighted by molar-refractivity contribution is -0.125. The van der Waals surface area contributed by atoms with Crippen molar-refractivity contribution in [2.45, 2.75) is 38.1 Å². The molecular formula is C19H26N4O4S. The van der Waals surface area contributed by atoms with Gasteiger partial charge in [-0.05, 0) is 38.0 Å². The van der Waals surface area contributed by atoms with E-state index in [1.807, 2.05) is 18.4 Å². The van der Waals surface area contributed by atoms with Crippen LogP contribution in [0.1, 0.15) is 25.6 Å². The molecule has 2 aliphatic rings. The van der Waals surface area contributed by atoms with Crippen molar-refractivity contribution >= 4 is 27.0 Å². The molecule has 1 amide bonds. The van der Waals surface area contributed by atoms with E-state index in [9.17, 15) is 13.2 Å². The SMILES string of the molecule is Cc1nc2cc(S(=O)(=O)N3CCOCC3)ccc2n1CCNC(=O)C1(C)CC1. The number of fused-ring (bicyclic) bond motifs is 1. The van der Waals surface area contributed by atoms with E-state index in [4.69, 9.17) is 4.74 Å². The summed E-state index contributed by atoms with van der Waals surface area (Å²) < 4.78 is 34.4. The number of morpholine rings is 1. The van der Waals surface area contributed by atoms with Gasteiger partial charge in [0.1, 0.15) is 5.82 Å². The van der Waals surface area contributed by atoms with Crippen LogP contribution in [0.5, 0.6) is 0 Å². The Morgan fingerprint density at radius 1 is 1.29 bits per heavy atom. The van der Waals surface area contributed by atoms with Crippen LogP contribution in [0.4, 0.5) is 0 Å². The van der Waals surface area contributed by atoms with E-state index in [-0.39, 0.29) is 16.2 Å². The summed E-state index contributed by atoms with van der Waals surface area (Å²) in [7, 11) is -3.55. The summed E-state index contributed by atoms with van der Waals surface area (Å²) in [5, 5.41) is 2.99. The number of carbonyl (C=O) groups excluding carboxylic acids is 1. The average Bonchev–Trinajstić information content (AvgIpc) is 3.36. The minimum atomic E-state index is -3.55. The maximum Gasteiger partial charge on any atom is 0.243 e. The van der Waals surface area contributed by atoms with Crippen LogP contribution < -0.4 is 5.32 Å². The number of nitrogens with zero attached hydrogens (tertiary/aromatic N) is 3. The summed E-state index contributed by atoms with van der Waals surface area (Å²) >= 11 is 0. The summed E-state index contributed by atoms with van der Waals surface area (Å²) in [5.41, 5.74) is 1.33. The van der Waals surface area contributed by atoms with Crippen LogP contribution in [-0.4, -0.2) is 61.0 Å². The van der Waals surface area contributed by atoms with E-state index in [1.165, 1.54) is 4.31 Å². The Kier molecular flexibility index (Phi) is 4.93. The zero-order valence-corrected chi connectivity index (χ0v) is 17.1. The van der Waals surface area contributed by atoms with Crippen molar-refractivity contribution in [2.24, 2.45) is 5.41 Å². The van der Waals surface area contributed by atoms with Gasteiger partial charge in [-0.3, -0.25) is 4.79 Å². The molecule has 152 valence electrons. The first kappa shape index (κ1) is 19.4. The topological polar surface area (TPSA) is 93.5 Å². The second-order valence-electron chi connectivity index (χ2n) is 7.79. The number of nitrogens with one attached hydrogen (secondary N) is 1. The highest BCUT2D eigenvalue weighted by atomic mass is 32.2. The van der Waals surface area contributed by atoms with Crippen LogP contribution >= 0.6 is 0 Å². The summed E-state index contributed by atoms with van der Waals surface area (Å²) in [6.07, 6.45) is 1.90. The van der Waals surface area contributed by atoms with Crippen molar-refractivity contribution in [3.63, 3.8) is 0 Å². The van der Waals surface area contributed by atoms with E-state index < -0.39 is 10.0 Å². The molecule has 1 N–H and O–H groups in total. The van der Waals surface area contributed by atoms with E-state index >= 15 is 0 Å². The van der Waals surface area contributed by atoms with Gasteiger partial charge in [0.15, 0.2) is 0 Å². The van der Waals surface area contributed by atoms with Crippen LogP contribution in [0.15, 0.2) is 23.1 Å². The van der Waals surface area contributed by atoms with Gasteiger partial charge in [-0.25, -0.2) is 13.4 Å². The molecule has 2 heterocycles. The normalized spacial score (nSPS) is 19.6. The summed E-state index contributed by atoms with van der Waals surface area (Å²) in [5.74, 6) is 0.899. The lowest BCUT2D eigenvalue weighted by atomic mass is 10.1. The molecule has 0 atom stereocenters. The summed E-state index contributed by atoms with van der Waals surface area (Å²) in [6.45, 7) is 6.56. The number of hydrogen-bond donors (Lipinski definition) is 1. The molecule has 8 nitrogen and oxygen atoms in total. The van der Waals surface area contributed by atoms with Crippen molar-refractivity contribution < 1.29 is 17.9 Å². The van der Waals surface area contributed by atoms with Gasteiger partial charge >= 0.3 is 0 Å². The third kappa shape index (κ3) is 3.54. The first-order chi connectivity index (χ1) is 13.3. The molecule has 1 aliphatic carbocycles. The van der Waals surface area contributed by atoms with E-state index in [0.29, 0.717) is 44.9 Å². The fourth-order valence-corrected chi connectivity index (χ4v) is 4.95. The highest BCUT2D eigenvalue weighted by Gasteiger charge is 2.44. The Morgan fingerprint density at radius 2 is 2.00 bits per heavy atom. The Balaban J connectivity index is 1.52. The molecule has 1 aromatic carbocycles. The largest absolute Gasteiger partial charge is 0.379 e. The first-order valence-electron chi connectivity index (χ1n) is 9.64. The third-order valence-corrected chi connectivity index (χ3v) is 7.58. The predicted molar refractivity (Wildman–Crippen MR) is 104 cm³/mol. The molecule has 2 fully saturated rings. The number of aryl methyl sites for hydroxylation is 1. The number of benzene rings is 1. The molecule has 0 radical (unpaired) electrons. The molecule has 2 aromatic rings.